The van der Waals surface area contributed by atoms with E-state index in [4.69, 9.17) is 4.52 Å². The Labute approximate surface area is 173 Å². The zero-order valence-corrected chi connectivity index (χ0v) is 18.0. The molecule has 1 N–H and O–H groups in total. The van der Waals surface area contributed by atoms with Crippen molar-refractivity contribution in [2.24, 2.45) is 0 Å². The molecule has 3 rings (SSSR count). The Bertz CT molecular complexity index is 853. The summed E-state index contributed by atoms with van der Waals surface area (Å²) in [7, 11) is 0. The molecule has 2 amide bonds. The summed E-state index contributed by atoms with van der Waals surface area (Å²) in [4.78, 5) is 28.8. The van der Waals surface area contributed by atoms with Crippen LogP contribution in [0, 0.1) is 20.8 Å². The number of amides is 2. The van der Waals surface area contributed by atoms with Gasteiger partial charge >= 0.3 is 0 Å². The molecule has 1 aromatic heterocycles. The van der Waals surface area contributed by atoms with E-state index in [0.29, 0.717) is 44.9 Å². The normalized spacial score (nSPS) is 14.9. The third-order valence-electron chi connectivity index (χ3n) is 5.04. The van der Waals surface area contributed by atoms with Gasteiger partial charge in [0.2, 0.25) is 11.8 Å². The molecule has 0 radical (unpaired) electrons. The van der Waals surface area contributed by atoms with E-state index in [2.05, 4.69) is 31.3 Å². The molecule has 150 valence electrons. The van der Waals surface area contributed by atoms with E-state index in [-0.39, 0.29) is 11.8 Å². The van der Waals surface area contributed by atoms with Crippen LogP contribution in [0.25, 0.3) is 0 Å². The third-order valence-corrected chi connectivity index (χ3v) is 5.93. The van der Waals surface area contributed by atoms with Crippen LogP contribution in [-0.4, -0.2) is 59.5 Å². The molecule has 2 heterocycles. The molecule has 1 fully saturated rings. The van der Waals surface area contributed by atoms with Crippen molar-refractivity contribution < 1.29 is 14.1 Å². The maximum atomic E-state index is 12.6. The summed E-state index contributed by atoms with van der Waals surface area (Å²) in [6.07, 6.45) is 0.310. The average molecular weight is 449 g/mol. The van der Waals surface area contributed by atoms with Gasteiger partial charge in [-0.05, 0) is 44.5 Å². The van der Waals surface area contributed by atoms with Gasteiger partial charge in [-0.2, -0.15) is 0 Å². The molecule has 0 unspecified atom stereocenters. The quantitative estimate of drug-likeness (QED) is 0.760. The molecule has 1 saturated heterocycles. The van der Waals surface area contributed by atoms with E-state index >= 15 is 0 Å². The monoisotopic (exact) mass is 448 g/mol. The summed E-state index contributed by atoms with van der Waals surface area (Å²) >= 11 is 3.46. The fraction of sp³-hybridized carbons (Fsp3) is 0.450. The van der Waals surface area contributed by atoms with E-state index in [1.807, 2.05) is 43.9 Å². The van der Waals surface area contributed by atoms with Gasteiger partial charge in [-0.3, -0.25) is 14.5 Å². The van der Waals surface area contributed by atoms with Crippen LogP contribution in [0.5, 0.6) is 0 Å². The minimum atomic E-state index is -0.0442. The van der Waals surface area contributed by atoms with Crippen molar-refractivity contribution in [3.05, 3.63) is 45.3 Å². The van der Waals surface area contributed by atoms with Crippen molar-refractivity contribution in [1.82, 2.24) is 15.0 Å². The fourth-order valence-corrected chi connectivity index (χ4v) is 3.55. The van der Waals surface area contributed by atoms with Crippen molar-refractivity contribution in [3.8, 4) is 0 Å². The van der Waals surface area contributed by atoms with Crippen LogP contribution in [0.3, 0.4) is 0 Å². The highest BCUT2D eigenvalue weighted by Crippen LogP contribution is 2.20. The molecule has 0 aliphatic carbocycles. The second-order valence-electron chi connectivity index (χ2n) is 7.15. The number of carbonyl (C=O) groups is 2. The lowest BCUT2D eigenvalue weighted by Crippen LogP contribution is -2.50. The number of hydrogen-bond acceptors (Lipinski definition) is 5. The minimum Gasteiger partial charge on any atom is -0.361 e. The first kappa shape index (κ1) is 20.5. The molecule has 0 bridgehead atoms. The predicted molar refractivity (Wildman–Crippen MR) is 110 cm³/mol. The highest BCUT2D eigenvalue weighted by Gasteiger charge is 2.24. The van der Waals surface area contributed by atoms with Gasteiger partial charge in [0.05, 0.1) is 18.7 Å². The highest BCUT2D eigenvalue weighted by atomic mass is 79.9. The lowest BCUT2D eigenvalue weighted by molar-refractivity contribution is -0.132. The third kappa shape index (κ3) is 4.99. The number of anilines is 1. The van der Waals surface area contributed by atoms with Crippen LogP contribution in [0.4, 0.5) is 5.69 Å². The smallest absolute Gasteiger partial charge is 0.238 e. The Morgan fingerprint density at radius 1 is 1.18 bits per heavy atom. The summed E-state index contributed by atoms with van der Waals surface area (Å²) in [6.45, 7) is 8.58. The van der Waals surface area contributed by atoms with Crippen LogP contribution in [0.15, 0.2) is 27.2 Å². The van der Waals surface area contributed by atoms with E-state index in [0.717, 1.165) is 27.0 Å². The summed E-state index contributed by atoms with van der Waals surface area (Å²) in [6, 6.07) is 5.74. The summed E-state index contributed by atoms with van der Waals surface area (Å²) in [5.41, 5.74) is 3.50. The SMILES string of the molecule is Cc1cc(NC(=O)CN2CCN(C(=O)Cc3c(C)noc3C)CC2)ccc1Br. The molecule has 28 heavy (non-hydrogen) atoms. The molecule has 0 spiro atoms. The number of halogens is 1. The molecule has 7 nitrogen and oxygen atoms in total. The molecule has 1 aromatic carbocycles. The van der Waals surface area contributed by atoms with Gasteiger partial charge in [-0.25, -0.2) is 0 Å². The summed E-state index contributed by atoms with van der Waals surface area (Å²) < 4.78 is 6.15. The number of hydrogen-bond donors (Lipinski definition) is 1. The largest absolute Gasteiger partial charge is 0.361 e. The number of piperazine rings is 1. The van der Waals surface area contributed by atoms with E-state index in [1.165, 1.54) is 0 Å². The van der Waals surface area contributed by atoms with Gasteiger partial charge in [-0.1, -0.05) is 21.1 Å². The fourth-order valence-electron chi connectivity index (χ4n) is 3.30. The standard InChI is InChI=1S/C20H25BrN4O3/c1-13-10-16(4-5-18(13)21)22-19(26)12-24-6-8-25(9-7-24)20(27)11-17-14(2)23-28-15(17)3/h4-5,10H,6-9,11-12H2,1-3H3,(H,22,26). The molecular weight excluding hydrogens is 424 g/mol. The number of carbonyl (C=O) groups excluding carboxylic acids is 2. The van der Waals surface area contributed by atoms with Crippen molar-refractivity contribution in [3.63, 3.8) is 0 Å². The average Bonchev–Trinajstić information content (AvgIpc) is 2.97. The Morgan fingerprint density at radius 2 is 1.89 bits per heavy atom. The Balaban J connectivity index is 1.46. The highest BCUT2D eigenvalue weighted by molar-refractivity contribution is 9.10. The minimum absolute atomic E-state index is 0.0442. The lowest BCUT2D eigenvalue weighted by Gasteiger charge is -2.34. The maximum absolute atomic E-state index is 12.6. The van der Waals surface area contributed by atoms with Crippen LogP contribution < -0.4 is 5.32 Å². The van der Waals surface area contributed by atoms with Crippen molar-refractivity contribution in [1.29, 1.82) is 0 Å². The molecule has 1 aliphatic rings. The van der Waals surface area contributed by atoms with E-state index < -0.39 is 0 Å². The number of aryl methyl sites for hydroxylation is 3. The Kier molecular flexibility index (Phi) is 6.51. The molecule has 2 aromatic rings. The topological polar surface area (TPSA) is 78.7 Å². The van der Waals surface area contributed by atoms with Crippen molar-refractivity contribution >= 4 is 33.4 Å². The van der Waals surface area contributed by atoms with E-state index in [1.54, 1.807) is 0 Å². The Hall–Kier alpha value is -2.19. The maximum Gasteiger partial charge on any atom is 0.238 e. The summed E-state index contributed by atoms with van der Waals surface area (Å²) in [5, 5.41) is 6.84. The first-order valence-corrected chi connectivity index (χ1v) is 10.1. The van der Waals surface area contributed by atoms with Crippen molar-refractivity contribution in [2.75, 3.05) is 38.0 Å². The number of aromatic nitrogens is 1. The number of nitrogens with zero attached hydrogens (tertiary/aromatic N) is 3. The predicted octanol–water partition coefficient (Wildman–Crippen LogP) is 2.69. The number of nitrogens with one attached hydrogen (secondary N) is 1. The Morgan fingerprint density at radius 3 is 2.50 bits per heavy atom. The number of benzene rings is 1. The van der Waals surface area contributed by atoms with Gasteiger partial charge in [0.25, 0.3) is 0 Å². The molecule has 8 heteroatoms. The molecule has 1 aliphatic heterocycles. The molecular formula is C20H25BrN4O3. The lowest BCUT2D eigenvalue weighted by atomic mass is 10.1. The second-order valence-corrected chi connectivity index (χ2v) is 8.00. The molecule has 0 saturated carbocycles. The van der Waals surface area contributed by atoms with Crippen molar-refractivity contribution in [2.45, 2.75) is 27.2 Å². The van der Waals surface area contributed by atoms with Gasteiger partial charge in [0, 0.05) is 41.9 Å². The molecule has 0 atom stereocenters. The van der Waals surface area contributed by atoms with Gasteiger partial charge < -0.3 is 14.7 Å². The summed E-state index contributed by atoms with van der Waals surface area (Å²) in [5.74, 6) is 0.727. The van der Waals surface area contributed by atoms with Gasteiger partial charge in [0.1, 0.15) is 5.76 Å². The zero-order chi connectivity index (χ0) is 20.3. The van der Waals surface area contributed by atoms with Crippen LogP contribution in [0.2, 0.25) is 0 Å². The van der Waals surface area contributed by atoms with Gasteiger partial charge in [0.15, 0.2) is 0 Å². The first-order valence-electron chi connectivity index (χ1n) is 9.31. The van der Waals surface area contributed by atoms with Crippen LogP contribution in [-0.2, 0) is 16.0 Å². The number of rotatable bonds is 5. The van der Waals surface area contributed by atoms with Gasteiger partial charge in [-0.15, -0.1) is 0 Å². The van der Waals surface area contributed by atoms with E-state index in [9.17, 15) is 9.59 Å². The first-order chi connectivity index (χ1) is 13.3. The second kappa shape index (κ2) is 8.87. The van der Waals surface area contributed by atoms with Crippen LogP contribution >= 0.6 is 15.9 Å². The zero-order valence-electron chi connectivity index (χ0n) is 16.4. The van der Waals surface area contributed by atoms with Crippen LogP contribution in [0.1, 0.15) is 22.6 Å².